The summed E-state index contributed by atoms with van der Waals surface area (Å²) in [6.45, 7) is 10.8. The minimum absolute atomic E-state index is 0.0975. The van der Waals surface area contributed by atoms with Crippen LogP contribution in [0.2, 0.25) is 0 Å². The normalized spacial score (nSPS) is 15.2. The Labute approximate surface area is 151 Å². The van der Waals surface area contributed by atoms with Crippen LogP contribution in [0.4, 0.5) is 0 Å². The number of amides is 1. The number of carbonyl (C=O) groups excluding carboxylic acids is 2. The monoisotopic (exact) mass is 354 g/mol. The van der Waals surface area contributed by atoms with Crippen molar-refractivity contribution in [1.82, 2.24) is 15.1 Å². The van der Waals surface area contributed by atoms with Crippen molar-refractivity contribution in [2.24, 2.45) is 4.99 Å². The molecule has 144 valence electrons. The molecule has 1 aliphatic rings. The van der Waals surface area contributed by atoms with Gasteiger partial charge < -0.3 is 19.9 Å². The number of nitrogens with zero attached hydrogens (tertiary/aromatic N) is 3. The summed E-state index contributed by atoms with van der Waals surface area (Å²) in [7, 11) is 0. The van der Waals surface area contributed by atoms with Crippen LogP contribution >= 0.6 is 0 Å². The van der Waals surface area contributed by atoms with Crippen LogP contribution in [0.1, 0.15) is 52.9 Å². The molecule has 1 rings (SSSR count). The number of guanidine groups is 1. The molecule has 7 nitrogen and oxygen atoms in total. The predicted octanol–water partition coefficient (Wildman–Crippen LogP) is 1.63. The Bertz CT molecular complexity index is 432. The molecular formula is C18H34N4O3. The molecule has 0 unspecified atom stereocenters. The zero-order chi connectivity index (χ0) is 18.5. The molecule has 0 spiro atoms. The standard InChI is InChI=1S/C18H34N4O3/c1-4-19-18(22-14-12-21(13-15-22)16(3)23)20-11-9-7-6-8-10-17(24)25-5-2/h4-15H2,1-3H3,(H,19,20). The molecule has 25 heavy (non-hydrogen) atoms. The maximum atomic E-state index is 11.4. The van der Waals surface area contributed by atoms with Crippen molar-refractivity contribution in [2.75, 3.05) is 45.9 Å². The third-order valence-electron chi connectivity index (χ3n) is 4.22. The Kier molecular flexibility index (Phi) is 10.7. The molecule has 1 amide bonds. The molecular weight excluding hydrogens is 320 g/mol. The van der Waals surface area contributed by atoms with Gasteiger partial charge in [-0.1, -0.05) is 12.8 Å². The number of aliphatic imine (C=N–C) groups is 1. The second kappa shape index (κ2) is 12.6. The summed E-state index contributed by atoms with van der Waals surface area (Å²) in [5, 5.41) is 3.34. The average Bonchev–Trinajstić information content (AvgIpc) is 2.60. The second-order valence-electron chi connectivity index (χ2n) is 6.20. The maximum Gasteiger partial charge on any atom is 0.305 e. The summed E-state index contributed by atoms with van der Waals surface area (Å²) in [4.78, 5) is 31.5. The lowest BCUT2D eigenvalue weighted by atomic mass is 10.1. The first kappa shape index (κ1) is 21.3. The van der Waals surface area contributed by atoms with Crippen LogP contribution in [-0.2, 0) is 14.3 Å². The van der Waals surface area contributed by atoms with Gasteiger partial charge in [0.15, 0.2) is 5.96 Å². The molecule has 1 fully saturated rings. The number of hydrogen-bond acceptors (Lipinski definition) is 4. The molecule has 0 aromatic carbocycles. The van der Waals surface area contributed by atoms with Crippen molar-refractivity contribution in [2.45, 2.75) is 52.9 Å². The van der Waals surface area contributed by atoms with Gasteiger partial charge in [-0.05, 0) is 26.7 Å². The van der Waals surface area contributed by atoms with E-state index in [-0.39, 0.29) is 11.9 Å². The summed E-state index contributed by atoms with van der Waals surface area (Å²) >= 11 is 0. The van der Waals surface area contributed by atoms with Crippen LogP contribution < -0.4 is 5.32 Å². The van der Waals surface area contributed by atoms with Crippen LogP contribution in [-0.4, -0.2) is 73.5 Å². The first-order chi connectivity index (χ1) is 12.1. The number of carbonyl (C=O) groups is 2. The van der Waals surface area contributed by atoms with E-state index in [2.05, 4.69) is 17.1 Å². The Balaban J connectivity index is 2.25. The Morgan fingerprint density at radius 2 is 1.64 bits per heavy atom. The molecule has 1 heterocycles. The fraction of sp³-hybridized carbons (Fsp3) is 0.833. The summed E-state index contributed by atoms with van der Waals surface area (Å²) < 4.78 is 4.92. The molecule has 0 saturated carbocycles. The third kappa shape index (κ3) is 8.74. The summed E-state index contributed by atoms with van der Waals surface area (Å²) in [5.41, 5.74) is 0. The van der Waals surface area contributed by atoms with E-state index in [4.69, 9.17) is 9.73 Å². The number of esters is 1. The molecule has 1 saturated heterocycles. The molecule has 0 aromatic heterocycles. The molecule has 0 atom stereocenters. The predicted molar refractivity (Wildman–Crippen MR) is 99.5 cm³/mol. The zero-order valence-corrected chi connectivity index (χ0v) is 16.1. The van der Waals surface area contributed by atoms with Crippen LogP contribution in [0, 0.1) is 0 Å². The molecule has 0 bridgehead atoms. The lowest BCUT2D eigenvalue weighted by Gasteiger charge is -2.36. The van der Waals surface area contributed by atoms with Gasteiger partial charge in [-0.2, -0.15) is 0 Å². The van der Waals surface area contributed by atoms with Gasteiger partial charge in [-0.3, -0.25) is 14.6 Å². The highest BCUT2D eigenvalue weighted by Gasteiger charge is 2.20. The van der Waals surface area contributed by atoms with E-state index in [9.17, 15) is 9.59 Å². The summed E-state index contributed by atoms with van der Waals surface area (Å²) in [6.07, 6.45) is 4.52. The highest BCUT2D eigenvalue weighted by atomic mass is 16.5. The highest BCUT2D eigenvalue weighted by Crippen LogP contribution is 2.06. The Morgan fingerprint density at radius 1 is 1.00 bits per heavy atom. The van der Waals surface area contributed by atoms with E-state index in [0.717, 1.165) is 70.9 Å². The van der Waals surface area contributed by atoms with Crippen LogP contribution in [0.5, 0.6) is 0 Å². The number of ether oxygens (including phenoxy) is 1. The lowest BCUT2D eigenvalue weighted by molar-refractivity contribution is -0.143. The minimum Gasteiger partial charge on any atom is -0.466 e. The van der Waals surface area contributed by atoms with Crippen molar-refractivity contribution >= 4 is 17.8 Å². The van der Waals surface area contributed by atoms with Gasteiger partial charge in [-0.15, -0.1) is 0 Å². The van der Waals surface area contributed by atoms with Gasteiger partial charge in [-0.25, -0.2) is 0 Å². The van der Waals surface area contributed by atoms with Crippen LogP contribution in [0.25, 0.3) is 0 Å². The van der Waals surface area contributed by atoms with Crippen molar-refractivity contribution < 1.29 is 14.3 Å². The molecule has 0 radical (unpaired) electrons. The largest absolute Gasteiger partial charge is 0.466 e. The fourth-order valence-corrected chi connectivity index (χ4v) is 2.81. The van der Waals surface area contributed by atoms with E-state index in [0.29, 0.717) is 13.0 Å². The SMILES string of the molecule is CCNC(=NCCCCCCC(=O)OCC)N1CCN(C(C)=O)CC1. The van der Waals surface area contributed by atoms with Gasteiger partial charge in [0.1, 0.15) is 0 Å². The van der Waals surface area contributed by atoms with Crippen molar-refractivity contribution in [3.05, 3.63) is 0 Å². The van der Waals surface area contributed by atoms with Gasteiger partial charge in [0, 0.05) is 52.6 Å². The van der Waals surface area contributed by atoms with Crippen molar-refractivity contribution in [1.29, 1.82) is 0 Å². The quantitative estimate of drug-likeness (QED) is 0.295. The Hall–Kier alpha value is -1.79. The fourth-order valence-electron chi connectivity index (χ4n) is 2.81. The first-order valence-electron chi connectivity index (χ1n) is 9.52. The van der Waals surface area contributed by atoms with Gasteiger partial charge in [0.2, 0.25) is 5.91 Å². The van der Waals surface area contributed by atoms with Crippen molar-refractivity contribution in [3.8, 4) is 0 Å². The molecule has 1 N–H and O–H groups in total. The Morgan fingerprint density at radius 3 is 2.24 bits per heavy atom. The number of piperazine rings is 1. The zero-order valence-electron chi connectivity index (χ0n) is 16.1. The second-order valence-corrected chi connectivity index (χ2v) is 6.20. The van der Waals surface area contributed by atoms with E-state index in [1.54, 1.807) is 6.92 Å². The van der Waals surface area contributed by atoms with E-state index >= 15 is 0 Å². The topological polar surface area (TPSA) is 74.2 Å². The van der Waals surface area contributed by atoms with Crippen LogP contribution in [0.15, 0.2) is 4.99 Å². The number of unbranched alkanes of at least 4 members (excludes halogenated alkanes) is 3. The third-order valence-corrected chi connectivity index (χ3v) is 4.22. The lowest BCUT2D eigenvalue weighted by Crippen LogP contribution is -2.53. The molecule has 7 heteroatoms. The summed E-state index contributed by atoms with van der Waals surface area (Å²) in [6, 6.07) is 0. The number of nitrogens with one attached hydrogen (secondary N) is 1. The summed E-state index contributed by atoms with van der Waals surface area (Å²) in [5.74, 6) is 0.987. The van der Waals surface area contributed by atoms with Gasteiger partial charge >= 0.3 is 5.97 Å². The number of rotatable bonds is 9. The molecule has 0 aliphatic carbocycles. The van der Waals surface area contributed by atoms with Gasteiger partial charge in [0.25, 0.3) is 0 Å². The van der Waals surface area contributed by atoms with E-state index in [1.807, 2.05) is 11.8 Å². The smallest absolute Gasteiger partial charge is 0.305 e. The molecule has 0 aromatic rings. The number of hydrogen-bond donors (Lipinski definition) is 1. The van der Waals surface area contributed by atoms with E-state index < -0.39 is 0 Å². The maximum absolute atomic E-state index is 11.4. The average molecular weight is 354 g/mol. The molecule has 1 aliphatic heterocycles. The van der Waals surface area contributed by atoms with Gasteiger partial charge in [0.05, 0.1) is 6.61 Å². The van der Waals surface area contributed by atoms with Crippen LogP contribution in [0.3, 0.4) is 0 Å². The van der Waals surface area contributed by atoms with Crippen molar-refractivity contribution in [3.63, 3.8) is 0 Å². The first-order valence-corrected chi connectivity index (χ1v) is 9.52. The van der Waals surface area contributed by atoms with E-state index in [1.165, 1.54) is 0 Å². The minimum atomic E-state index is -0.0975. The highest BCUT2D eigenvalue weighted by molar-refractivity contribution is 5.80.